The number of hydrogen-bond acceptors (Lipinski definition) is 6. The van der Waals surface area contributed by atoms with Gasteiger partial charge in [-0.2, -0.15) is 10.2 Å². The Labute approximate surface area is 179 Å². The lowest BCUT2D eigenvalue weighted by Gasteiger charge is -2.32. The Kier molecular flexibility index (Phi) is 5.20. The van der Waals surface area contributed by atoms with E-state index >= 15 is 0 Å². The fraction of sp³-hybridized carbons (Fsp3) is 0.333. The minimum Gasteiger partial charge on any atom is -0.304 e. The highest BCUT2D eigenvalue weighted by Gasteiger charge is 2.22. The quantitative estimate of drug-likeness (QED) is 0.492. The number of likely N-dealkylation sites (N-methyl/N-ethyl adjacent to an activating group) is 1. The van der Waals surface area contributed by atoms with Gasteiger partial charge in [0.25, 0.3) is 0 Å². The summed E-state index contributed by atoms with van der Waals surface area (Å²) in [6, 6.07) is 11.7. The summed E-state index contributed by atoms with van der Waals surface area (Å²) in [5.41, 5.74) is 2.25. The zero-order chi connectivity index (χ0) is 20.5. The number of fused-ring (bicyclic) bond motifs is 1. The Hall–Kier alpha value is -2.81. The van der Waals surface area contributed by atoms with E-state index in [0.29, 0.717) is 22.2 Å². The van der Waals surface area contributed by atoms with E-state index in [4.69, 9.17) is 16.7 Å². The van der Waals surface area contributed by atoms with Crippen LogP contribution in [0.5, 0.6) is 0 Å². The van der Waals surface area contributed by atoms with Gasteiger partial charge in [-0.25, -0.2) is 9.36 Å². The third-order valence-electron chi connectivity index (χ3n) is 5.57. The topological polar surface area (TPSA) is 67.9 Å². The number of rotatable bonds is 5. The zero-order valence-corrected chi connectivity index (χ0v) is 17.6. The van der Waals surface area contributed by atoms with Gasteiger partial charge >= 0.3 is 0 Å². The molecule has 0 spiro atoms. The van der Waals surface area contributed by atoms with Crippen LogP contribution in [0.1, 0.15) is 0 Å². The van der Waals surface area contributed by atoms with E-state index in [9.17, 15) is 0 Å². The first kappa shape index (κ1) is 19.2. The molecule has 0 radical (unpaired) electrons. The fourth-order valence-corrected chi connectivity index (χ4v) is 4.11. The molecule has 4 aromatic rings. The molecular weight excluding hydrogens is 400 g/mol. The fourth-order valence-electron chi connectivity index (χ4n) is 3.80. The average Bonchev–Trinajstić information content (AvgIpc) is 3.43. The highest BCUT2D eigenvalue weighted by Crippen LogP contribution is 2.34. The predicted octanol–water partition coefficient (Wildman–Crippen LogP) is 2.58. The first-order chi connectivity index (χ1) is 14.7. The van der Waals surface area contributed by atoms with Crippen molar-refractivity contribution < 1.29 is 0 Å². The molecule has 3 aromatic heterocycles. The van der Waals surface area contributed by atoms with E-state index in [1.165, 1.54) is 0 Å². The van der Waals surface area contributed by atoms with Crippen molar-refractivity contribution in [1.82, 2.24) is 39.6 Å². The lowest BCUT2D eigenvalue weighted by atomic mass is 10.1. The van der Waals surface area contributed by atoms with Crippen LogP contribution in [0.15, 0.2) is 48.8 Å². The molecule has 1 aliphatic heterocycles. The van der Waals surface area contributed by atoms with E-state index < -0.39 is 0 Å². The number of aromatic nitrogens is 6. The third kappa shape index (κ3) is 3.58. The average molecular weight is 423 g/mol. The molecule has 30 heavy (non-hydrogen) atoms. The molecule has 4 heterocycles. The molecule has 154 valence electrons. The van der Waals surface area contributed by atoms with Crippen LogP contribution in [0.3, 0.4) is 0 Å². The standard InChI is InChI=1S/C21H23ClN8/c1-27-10-12-28(13-11-27)14-15-30-20-17(21(26-30)29-9-5-8-23-29)18(22)19(24-25-20)16-6-3-2-4-7-16/h2-9H,10-15H2,1H3. The largest absolute Gasteiger partial charge is 0.304 e. The van der Waals surface area contributed by atoms with Crippen LogP contribution in [-0.4, -0.2) is 79.3 Å². The van der Waals surface area contributed by atoms with E-state index in [1.807, 2.05) is 47.3 Å². The lowest BCUT2D eigenvalue weighted by Crippen LogP contribution is -2.45. The monoisotopic (exact) mass is 422 g/mol. The normalized spacial score (nSPS) is 15.8. The second-order valence-electron chi connectivity index (χ2n) is 7.57. The predicted molar refractivity (Wildman–Crippen MR) is 117 cm³/mol. The summed E-state index contributed by atoms with van der Waals surface area (Å²) < 4.78 is 3.63. The number of benzene rings is 1. The Morgan fingerprint density at radius 3 is 2.50 bits per heavy atom. The molecule has 0 bridgehead atoms. The summed E-state index contributed by atoms with van der Waals surface area (Å²) in [7, 11) is 2.16. The lowest BCUT2D eigenvalue weighted by molar-refractivity contribution is 0.149. The Morgan fingerprint density at radius 1 is 0.967 bits per heavy atom. The second kappa shape index (κ2) is 8.14. The van der Waals surface area contributed by atoms with Crippen molar-refractivity contribution in [3.63, 3.8) is 0 Å². The minimum atomic E-state index is 0.544. The minimum absolute atomic E-state index is 0.544. The molecule has 0 amide bonds. The maximum Gasteiger partial charge on any atom is 0.186 e. The molecule has 9 heteroatoms. The molecule has 8 nitrogen and oxygen atoms in total. The Bertz CT molecular complexity index is 1130. The van der Waals surface area contributed by atoms with Crippen LogP contribution < -0.4 is 0 Å². The molecule has 1 saturated heterocycles. The third-order valence-corrected chi connectivity index (χ3v) is 5.94. The van der Waals surface area contributed by atoms with E-state index in [0.717, 1.165) is 50.2 Å². The molecule has 1 aliphatic rings. The summed E-state index contributed by atoms with van der Waals surface area (Å²) in [5, 5.41) is 19.5. The molecule has 0 N–H and O–H groups in total. The maximum atomic E-state index is 6.86. The highest BCUT2D eigenvalue weighted by atomic mass is 35.5. The van der Waals surface area contributed by atoms with Gasteiger partial charge < -0.3 is 4.90 Å². The molecule has 1 fully saturated rings. The van der Waals surface area contributed by atoms with Crippen LogP contribution in [0.4, 0.5) is 0 Å². The summed E-state index contributed by atoms with van der Waals surface area (Å²) in [6.45, 7) is 5.92. The highest BCUT2D eigenvalue weighted by molar-refractivity contribution is 6.38. The summed E-state index contributed by atoms with van der Waals surface area (Å²) in [6.07, 6.45) is 3.60. The first-order valence-electron chi connectivity index (χ1n) is 10.1. The number of halogens is 1. The van der Waals surface area contributed by atoms with Crippen molar-refractivity contribution in [3.8, 4) is 17.1 Å². The first-order valence-corrected chi connectivity index (χ1v) is 10.5. The molecule has 5 rings (SSSR count). The smallest absolute Gasteiger partial charge is 0.186 e. The van der Waals surface area contributed by atoms with E-state index in [2.05, 4.69) is 32.1 Å². The van der Waals surface area contributed by atoms with Gasteiger partial charge in [0, 0.05) is 50.7 Å². The van der Waals surface area contributed by atoms with Gasteiger partial charge in [-0.3, -0.25) is 4.90 Å². The van der Waals surface area contributed by atoms with Gasteiger partial charge in [-0.05, 0) is 13.1 Å². The summed E-state index contributed by atoms with van der Waals surface area (Å²) in [5.74, 6) is 0.672. The molecular formula is C21H23ClN8. The molecule has 0 atom stereocenters. The maximum absolute atomic E-state index is 6.86. The van der Waals surface area contributed by atoms with Crippen LogP contribution in [0.25, 0.3) is 28.1 Å². The van der Waals surface area contributed by atoms with Gasteiger partial charge in [-0.1, -0.05) is 41.9 Å². The summed E-state index contributed by atoms with van der Waals surface area (Å²) >= 11 is 6.86. The van der Waals surface area contributed by atoms with Crippen molar-refractivity contribution in [2.75, 3.05) is 39.8 Å². The van der Waals surface area contributed by atoms with Crippen molar-refractivity contribution in [2.24, 2.45) is 0 Å². The SMILES string of the molecule is CN1CCN(CCn2nc(-n3cccn3)c3c(Cl)c(-c4ccccc4)nnc32)CC1. The van der Waals surface area contributed by atoms with Crippen LogP contribution in [-0.2, 0) is 6.54 Å². The molecule has 1 aromatic carbocycles. The number of piperazine rings is 1. The van der Waals surface area contributed by atoms with E-state index in [-0.39, 0.29) is 0 Å². The van der Waals surface area contributed by atoms with Gasteiger partial charge in [0.05, 0.1) is 17.0 Å². The second-order valence-corrected chi connectivity index (χ2v) is 7.95. The van der Waals surface area contributed by atoms with E-state index in [1.54, 1.807) is 10.9 Å². The van der Waals surface area contributed by atoms with Crippen molar-refractivity contribution >= 4 is 22.6 Å². The number of nitrogens with zero attached hydrogens (tertiary/aromatic N) is 8. The van der Waals surface area contributed by atoms with Gasteiger partial charge in [-0.15, -0.1) is 10.2 Å². The number of hydrogen-bond donors (Lipinski definition) is 0. The van der Waals surface area contributed by atoms with Gasteiger partial charge in [0.2, 0.25) is 0 Å². The van der Waals surface area contributed by atoms with Crippen molar-refractivity contribution in [1.29, 1.82) is 0 Å². The van der Waals surface area contributed by atoms with Crippen molar-refractivity contribution in [2.45, 2.75) is 6.54 Å². The molecule has 0 aliphatic carbocycles. The summed E-state index contributed by atoms with van der Waals surface area (Å²) in [4.78, 5) is 4.81. The zero-order valence-electron chi connectivity index (χ0n) is 16.8. The van der Waals surface area contributed by atoms with Gasteiger partial charge in [0.1, 0.15) is 5.69 Å². The van der Waals surface area contributed by atoms with Crippen LogP contribution in [0.2, 0.25) is 5.02 Å². The van der Waals surface area contributed by atoms with Crippen LogP contribution in [0, 0.1) is 0 Å². The molecule has 0 unspecified atom stereocenters. The Balaban J connectivity index is 1.54. The molecule has 0 saturated carbocycles. The van der Waals surface area contributed by atoms with Crippen molar-refractivity contribution in [3.05, 3.63) is 53.8 Å². The van der Waals surface area contributed by atoms with Gasteiger partial charge in [0.15, 0.2) is 11.5 Å². The Morgan fingerprint density at radius 2 is 1.77 bits per heavy atom. The van der Waals surface area contributed by atoms with Crippen LogP contribution >= 0.6 is 11.6 Å².